The molecule has 1 unspecified atom stereocenters. The maximum absolute atomic E-state index is 5.74. The van der Waals surface area contributed by atoms with Crippen LogP contribution in [0.1, 0.15) is 36.9 Å². The fourth-order valence-electron chi connectivity index (χ4n) is 2.17. The first-order valence-electron chi connectivity index (χ1n) is 6.54. The topological polar surface area (TPSA) is 21.3 Å². The third-order valence-electron chi connectivity index (χ3n) is 3.08. The van der Waals surface area contributed by atoms with Gasteiger partial charge >= 0.3 is 0 Å². The molecule has 1 aliphatic rings. The molecule has 0 saturated heterocycles. The molecular weight excluding hydrogens is 290 g/mol. The highest BCUT2D eigenvalue weighted by molar-refractivity contribution is 9.10. The molecule has 1 atom stereocenters. The van der Waals surface area contributed by atoms with E-state index in [1.165, 1.54) is 11.1 Å². The number of rotatable bonds is 5. The molecule has 98 valence electrons. The zero-order chi connectivity index (χ0) is 13.0. The molecule has 0 aromatic heterocycles. The van der Waals surface area contributed by atoms with Crippen LogP contribution in [-0.4, -0.2) is 13.2 Å². The molecule has 0 amide bonds. The Morgan fingerprint density at radius 2 is 2.28 bits per heavy atom. The van der Waals surface area contributed by atoms with E-state index in [2.05, 4.69) is 59.4 Å². The quantitative estimate of drug-likeness (QED) is 0.884. The van der Waals surface area contributed by atoms with Gasteiger partial charge in [0.2, 0.25) is 0 Å². The normalized spacial score (nSPS) is 16.3. The van der Waals surface area contributed by atoms with Gasteiger partial charge in [-0.2, -0.15) is 0 Å². The zero-order valence-electron chi connectivity index (χ0n) is 11.0. The van der Waals surface area contributed by atoms with Crippen LogP contribution in [0.3, 0.4) is 0 Å². The van der Waals surface area contributed by atoms with Crippen LogP contribution in [0.5, 0.6) is 0 Å². The fourth-order valence-corrected chi connectivity index (χ4v) is 2.65. The van der Waals surface area contributed by atoms with Gasteiger partial charge in [0, 0.05) is 10.9 Å². The average molecular weight is 310 g/mol. The van der Waals surface area contributed by atoms with Crippen molar-refractivity contribution in [3.05, 3.63) is 45.6 Å². The summed E-state index contributed by atoms with van der Waals surface area (Å²) in [6, 6.07) is 6.62. The van der Waals surface area contributed by atoms with Crippen molar-refractivity contribution in [3.8, 4) is 0 Å². The summed E-state index contributed by atoms with van der Waals surface area (Å²) in [5.41, 5.74) is 2.53. The smallest absolute Gasteiger partial charge is 0.114 e. The summed E-state index contributed by atoms with van der Waals surface area (Å²) in [7, 11) is 0. The minimum atomic E-state index is 0.168. The predicted octanol–water partition coefficient (Wildman–Crippen LogP) is 4.10. The van der Waals surface area contributed by atoms with Crippen molar-refractivity contribution in [3.63, 3.8) is 0 Å². The van der Waals surface area contributed by atoms with Gasteiger partial charge in [-0.05, 0) is 37.6 Å². The summed E-state index contributed by atoms with van der Waals surface area (Å²) in [6.07, 6.45) is 4.33. The van der Waals surface area contributed by atoms with E-state index < -0.39 is 0 Å². The van der Waals surface area contributed by atoms with Gasteiger partial charge in [0.05, 0.1) is 12.6 Å². The Bertz CT molecular complexity index is 442. The number of nitrogens with one attached hydrogen (secondary N) is 1. The molecular formula is C15H20BrNO. The predicted molar refractivity (Wildman–Crippen MR) is 78.6 cm³/mol. The molecule has 0 bridgehead atoms. The highest BCUT2D eigenvalue weighted by Gasteiger charge is 2.22. The van der Waals surface area contributed by atoms with E-state index >= 15 is 0 Å². The van der Waals surface area contributed by atoms with Crippen LogP contribution >= 0.6 is 15.9 Å². The van der Waals surface area contributed by atoms with Crippen LogP contribution in [0.15, 0.2) is 34.5 Å². The molecule has 0 fully saturated rings. The lowest BCUT2D eigenvalue weighted by molar-refractivity contribution is 0.215. The maximum atomic E-state index is 5.74. The van der Waals surface area contributed by atoms with Crippen molar-refractivity contribution in [2.24, 2.45) is 0 Å². The van der Waals surface area contributed by atoms with Crippen LogP contribution in [-0.2, 0) is 4.74 Å². The molecule has 1 heterocycles. The third kappa shape index (κ3) is 3.15. The fraction of sp³-hybridized carbons (Fsp3) is 0.467. The van der Waals surface area contributed by atoms with Crippen molar-refractivity contribution in [2.45, 2.75) is 32.7 Å². The van der Waals surface area contributed by atoms with E-state index in [4.69, 9.17) is 4.74 Å². The third-order valence-corrected chi connectivity index (χ3v) is 3.80. The molecule has 1 aliphatic heterocycles. The number of halogens is 1. The van der Waals surface area contributed by atoms with Crippen LogP contribution in [0.25, 0.3) is 0 Å². The van der Waals surface area contributed by atoms with Gasteiger partial charge < -0.3 is 10.1 Å². The molecule has 2 rings (SSSR count). The number of hydrogen-bond donors (Lipinski definition) is 1. The Balaban J connectivity index is 2.29. The first kappa shape index (κ1) is 13.6. The van der Waals surface area contributed by atoms with Gasteiger partial charge in [0.1, 0.15) is 5.76 Å². The van der Waals surface area contributed by atoms with Gasteiger partial charge in [0.25, 0.3) is 0 Å². The highest BCUT2D eigenvalue weighted by Crippen LogP contribution is 2.32. The Morgan fingerprint density at radius 3 is 2.94 bits per heavy atom. The summed E-state index contributed by atoms with van der Waals surface area (Å²) in [5.74, 6) is 1.06. The molecule has 2 nitrogen and oxygen atoms in total. The van der Waals surface area contributed by atoms with Crippen molar-refractivity contribution < 1.29 is 4.74 Å². The second-order valence-electron chi connectivity index (χ2n) is 4.66. The first-order chi connectivity index (χ1) is 8.72. The van der Waals surface area contributed by atoms with E-state index in [1.807, 2.05) is 0 Å². The molecule has 0 radical (unpaired) electrons. The Labute approximate surface area is 118 Å². The van der Waals surface area contributed by atoms with Crippen molar-refractivity contribution >= 4 is 15.9 Å². The lowest BCUT2D eigenvalue weighted by Gasteiger charge is -2.21. The zero-order valence-corrected chi connectivity index (χ0v) is 12.6. The number of aryl methyl sites for hydroxylation is 1. The average Bonchev–Trinajstić information content (AvgIpc) is 2.88. The Morgan fingerprint density at radius 1 is 1.44 bits per heavy atom. The van der Waals surface area contributed by atoms with Crippen molar-refractivity contribution in [1.29, 1.82) is 0 Å². The summed E-state index contributed by atoms with van der Waals surface area (Å²) >= 11 is 3.65. The van der Waals surface area contributed by atoms with Crippen LogP contribution in [0.4, 0.5) is 0 Å². The largest absolute Gasteiger partial charge is 0.496 e. The van der Waals surface area contributed by atoms with E-state index in [0.717, 1.165) is 36.2 Å². The van der Waals surface area contributed by atoms with Gasteiger partial charge in [-0.25, -0.2) is 0 Å². The molecule has 0 saturated carbocycles. The maximum Gasteiger partial charge on any atom is 0.114 e. The van der Waals surface area contributed by atoms with E-state index in [9.17, 15) is 0 Å². The molecule has 3 heteroatoms. The number of hydrogen-bond acceptors (Lipinski definition) is 2. The van der Waals surface area contributed by atoms with Crippen LogP contribution < -0.4 is 5.32 Å². The second-order valence-corrected chi connectivity index (χ2v) is 5.51. The minimum absolute atomic E-state index is 0.168. The lowest BCUT2D eigenvalue weighted by atomic mass is 10.0. The lowest BCUT2D eigenvalue weighted by Crippen LogP contribution is -2.24. The first-order valence-corrected chi connectivity index (χ1v) is 7.34. The van der Waals surface area contributed by atoms with E-state index in [-0.39, 0.29) is 6.04 Å². The summed E-state index contributed by atoms with van der Waals surface area (Å²) in [5, 5.41) is 3.57. The van der Waals surface area contributed by atoms with Gasteiger partial charge in [-0.1, -0.05) is 40.5 Å². The molecule has 1 aromatic rings. The summed E-state index contributed by atoms with van der Waals surface area (Å²) < 4.78 is 6.88. The van der Waals surface area contributed by atoms with E-state index in [1.54, 1.807) is 0 Å². The van der Waals surface area contributed by atoms with E-state index in [0.29, 0.717) is 0 Å². The van der Waals surface area contributed by atoms with Gasteiger partial charge in [0.15, 0.2) is 0 Å². The Kier molecular flexibility index (Phi) is 4.84. The summed E-state index contributed by atoms with van der Waals surface area (Å²) in [6.45, 7) is 6.10. The SMILES string of the molecule is CCCNC(C1=CCCO1)c1cc(C)ccc1Br. The van der Waals surface area contributed by atoms with Crippen LogP contribution in [0.2, 0.25) is 0 Å². The molecule has 18 heavy (non-hydrogen) atoms. The van der Waals surface area contributed by atoms with Crippen molar-refractivity contribution in [2.75, 3.05) is 13.2 Å². The molecule has 0 aliphatic carbocycles. The van der Waals surface area contributed by atoms with Crippen molar-refractivity contribution in [1.82, 2.24) is 5.32 Å². The standard InChI is InChI=1S/C15H20BrNO/c1-3-8-17-15(14-5-4-9-18-14)12-10-11(2)6-7-13(12)16/h5-7,10,15,17H,3-4,8-9H2,1-2H3. The highest BCUT2D eigenvalue weighted by atomic mass is 79.9. The monoisotopic (exact) mass is 309 g/mol. The van der Waals surface area contributed by atoms with Crippen LogP contribution in [0, 0.1) is 6.92 Å². The molecule has 0 spiro atoms. The molecule has 1 aromatic carbocycles. The molecule has 1 N–H and O–H groups in total. The number of ether oxygens (including phenoxy) is 1. The van der Waals surface area contributed by atoms with Gasteiger partial charge in [-0.3, -0.25) is 0 Å². The number of benzene rings is 1. The van der Waals surface area contributed by atoms with Gasteiger partial charge in [-0.15, -0.1) is 0 Å². The Hall–Kier alpha value is -0.800. The second kappa shape index (κ2) is 6.39. The minimum Gasteiger partial charge on any atom is -0.496 e. The summed E-state index contributed by atoms with van der Waals surface area (Å²) in [4.78, 5) is 0.